The summed E-state index contributed by atoms with van der Waals surface area (Å²) in [6.45, 7) is 5.19. The van der Waals surface area contributed by atoms with Gasteiger partial charge in [-0.3, -0.25) is 0 Å². The lowest BCUT2D eigenvalue weighted by Gasteiger charge is -2.16. The smallest absolute Gasteiger partial charge is 0.175 e. The molecule has 0 unspecified atom stereocenters. The summed E-state index contributed by atoms with van der Waals surface area (Å²) in [5.41, 5.74) is 6.56. The van der Waals surface area contributed by atoms with Gasteiger partial charge in [-0.25, -0.2) is 8.42 Å². The van der Waals surface area contributed by atoms with Gasteiger partial charge < -0.3 is 19.9 Å². The molecule has 6 nitrogen and oxygen atoms in total. The molecule has 2 N–H and O–H groups in total. The van der Waals surface area contributed by atoms with Crippen molar-refractivity contribution in [3.05, 3.63) is 78.9 Å². The van der Waals surface area contributed by atoms with Gasteiger partial charge in [-0.15, -0.1) is 0 Å². The molecular weight excluding hydrogens is 462 g/mol. The van der Waals surface area contributed by atoms with Crippen molar-refractivity contribution in [1.29, 1.82) is 0 Å². The first kappa shape index (κ1) is 26.1. The fourth-order valence-electron chi connectivity index (χ4n) is 3.51. The average Bonchev–Trinajstić information content (AvgIpc) is 2.85. The highest BCUT2D eigenvalue weighted by Gasteiger charge is 2.15. The molecule has 4 aromatic carbocycles. The Balaban J connectivity index is 0.00000108. The van der Waals surface area contributed by atoms with Crippen molar-refractivity contribution >= 4 is 20.6 Å². The maximum absolute atomic E-state index is 11.9. The SMILES string of the molecule is CCN.CCOc1ccc(Oc2c(-c3ccc(S(C)(=O)=O)cc3)ccc3cc(OC)ccc23)cc1. The molecule has 0 spiro atoms. The van der Waals surface area contributed by atoms with Crippen molar-refractivity contribution in [3.63, 3.8) is 0 Å². The van der Waals surface area contributed by atoms with Gasteiger partial charge in [0.15, 0.2) is 9.84 Å². The van der Waals surface area contributed by atoms with Gasteiger partial charge >= 0.3 is 0 Å². The lowest BCUT2D eigenvalue weighted by molar-refractivity contribution is 0.339. The van der Waals surface area contributed by atoms with E-state index in [0.29, 0.717) is 18.1 Å². The van der Waals surface area contributed by atoms with Crippen LogP contribution < -0.4 is 19.9 Å². The van der Waals surface area contributed by atoms with Crippen LogP contribution in [0.5, 0.6) is 23.0 Å². The van der Waals surface area contributed by atoms with Crippen LogP contribution in [0.25, 0.3) is 21.9 Å². The van der Waals surface area contributed by atoms with Crippen LogP contribution in [0.15, 0.2) is 83.8 Å². The molecule has 0 heterocycles. The molecule has 0 radical (unpaired) electrons. The molecular formula is C28H31NO5S. The third-order valence-electron chi connectivity index (χ3n) is 5.13. The molecule has 4 rings (SSSR count). The number of hydrogen-bond acceptors (Lipinski definition) is 6. The third kappa shape index (κ3) is 6.53. The summed E-state index contributed by atoms with van der Waals surface area (Å²) in [5, 5.41) is 1.89. The quantitative estimate of drug-likeness (QED) is 0.336. The Morgan fingerprint density at radius 1 is 0.800 bits per heavy atom. The van der Waals surface area contributed by atoms with E-state index in [9.17, 15) is 8.42 Å². The summed E-state index contributed by atoms with van der Waals surface area (Å²) in [6.07, 6.45) is 1.20. The van der Waals surface area contributed by atoms with Crippen molar-refractivity contribution < 1.29 is 22.6 Å². The van der Waals surface area contributed by atoms with Crippen LogP contribution in [0.4, 0.5) is 0 Å². The first-order valence-electron chi connectivity index (χ1n) is 11.3. The highest BCUT2D eigenvalue weighted by atomic mass is 32.2. The van der Waals surface area contributed by atoms with Crippen LogP contribution in [-0.4, -0.2) is 34.9 Å². The highest BCUT2D eigenvalue weighted by molar-refractivity contribution is 7.90. The second-order valence-electron chi connectivity index (χ2n) is 7.74. The van der Waals surface area contributed by atoms with Gasteiger partial charge in [0.25, 0.3) is 0 Å². The van der Waals surface area contributed by atoms with Crippen LogP contribution in [0, 0.1) is 0 Å². The number of sulfone groups is 1. The minimum atomic E-state index is -3.27. The average molecular weight is 494 g/mol. The number of rotatable bonds is 7. The minimum Gasteiger partial charge on any atom is -0.497 e. The molecule has 0 atom stereocenters. The van der Waals surface area contributed by atoms with E-state index in [1.54, 1.807) is 31.4 Å². The molecule has 7 heteroatoms. The number of benzene rings is 4. The topological polar surface area (TPSA) is 87.9 Å². The first-order valence-corrected chi connectivity index (χ1v) is 13.2. The van der Waals surface area contributed by atoms with E-state index in [0.717, 1.165) is 39.9 Å². The van der Waals surface area contributed by atoms with Crippen molar-refractivity contribution in [2.24, 2.45) is 5.73 Å². The first-order chi connectivity index (χ1) is 16.8. The van der Waals surface area contributed by atoms with Gasteiger partial charge in [0, 0.05) is 17.2 Å². The fraction of sp³-hybridized carbons (Fsp3) is 0.214. The van der Waals surface area contributed by atoms with E-state index in [1.807, 2.05) is 68.4 Å². The van der Waals surface area contributed by atoms with Crippen LogP contribution in [-0.2, 0) is 9.84 Å². The van der Waals surface area contributed by atoms with Crippen LogP contribution in [0.1, 0.15) is 13.8 Å². The fourth-order valence-corrected chi connectivity index (χ4v) is 4.14. The minimum absolute atomic E-state index is 0.278. The van der Waals surface area contributed by atoms with E-state index in [-0.39, 0.29) is 4.90 Å². The molecule has 0 saturated carbocycles. The zero-order valence-electron chi connectivity index (χ0n) is 20.4. The molecule has 0 aliphatic carbocycles. The summed E-state index contributed by atoms with van der Waals surface area (Å²) >= 11 is 0. The molecule has 0 aromatic heterocycles. The zero-order valence-corrected chi connectivity index (χ0v) is 21.3. The second kappa shape index (κ2) is 11.7. The zero-order chi connectivity index (χ0) is 25.4. The van der Waals surface area contributed by atoms with Gasteiger partial charge in [0.1, 0.15) is 23.0 Å². The summed E-state index contributed by atoms with van der Waals surface area (Å²) < 4.78 is 41.0. The van der Waals surface area contributed by atoms with Crippen LogP contribution >= 0.6 is 0 Å². The lowest BCUT2D eigenvalue weighted by Crippen LogP contribution is -1.97. The maximum Gasteiger partial charge on any atom is 0.175 e. The largest absolute Gasteiger partial charge is 0.497 e. The molecule has 184 valence electrons. The van der Waals surface area contributed by atoms with E-state index in [2.05, 4.69) is 0 Å². The number of fused-ring (bicyclic) bond motifs is 1. The van der Waals surface area contributed by atoms with E-state index < -0.39 is 9.84 Å². The molecule has 4 aromatic rings. The van der Waals surface area contributed by atoms with Crippen LogP contribution in [0.2, 0.25) is 0 Å². The Kier molecular flexibility index (Phi) is 8.73. The summed E-state index contributed by atoms with van der Waals surface area (Å²) in [5.74, 6) is 2.89. The molecule has 0 saturated heterocycles. The molecule has 0 aliphatic rings. The Bertz CT molecular complexity index is 1370. The van der Waals surface area contributed by atoms with Gasteiger partial charge in [0.2, 0.25) is 0 Å². The Morgan fingerprint density at radius 3 is 1.97 bits per heavy atom. The van der Waals surface area contributed by atoms with Crippen molar-refractivity contribution in [2.45, 2.75) is 18.7 Å². The van der Waals surface area contributed by atoms with Gasteiger partial charge in [-0.05, 0) is 85.1 Å². The molecule has 0 bridgehead atoms. The Morgan fingerprint density at radius 2 is 1.40 bits per heavy atom. The standard InChI is InChI=1S/C26H24O5S.C2H7N/c1-4-30-20-8-10-21(11-9-20)31-26-24(18-5-13-23(14-6-18)32(3,27)28)15-7-19-17-22(29-2)12-16-25(19)26;1-2-3/h5-17H,4H2,1-3H3;2-3H2,1H3. The van der Waals surface area contributed by atoms with Crippen LogP contribution in [0.3, 0.4) is 0 Å². The highest BCUT2D eigenvalue weighted by Crippen LogP contribution is 2.41. The monoisotopic (exact) mass is 493 g/mol. The molecule has 0 aliphatic heterocycles. The second-order valence-corrected chi connectivity index (χ2v) is 9.76. The van der Waals surface area contributed by atoms with E-state index in [4.69, 9.17) is 19.9 Å². The van der Waals surface area contributed by atoms with E-state index in [1.165, 1.54) is 6.26 Å². The van der Waals surface area contributed by atoms with Gasteiger partial charge in [-0.2, -0.15) is 0 Å². The van der Waals surface area contributed by atoms with Crippen molar-refractivity contribution in [1.82, 2.24) is 0 Å². The molecule has 0 fully saturated rings. The number of nitrogens with two attached hydrogens (primary N) is 1. The Hall–Kier alpha value is -3.55. The predicted molar refractivity (Wildman–Crippen MR) is 141 cm³/mol. The summed E-state index contributed by atoms with van der Waals surface area (Å²) in [7, 11) is -1.63. The maximum atomic E-state index is 11.9. The predicted octanol–water partition coefficient (Wildman–Crippen LogP) is 6.07. The third-order valence-corrected chi connectivity index (χ3v) is 6.25. The van der Waals surface area contributed by atoms with Gasteiger partial charge in [-0.1, -0.05) is 25.1 Å². The molecule has 35 heavy (non-hydrogen) atoms. The number of methoxy groups -OCH3 is 1. The van der Waals surface area contributed by atoms with Crippen molar-refractivity contribution in [2.75, 3.05) is 26.5 Å². The summed E-state index contributed by atoms with van der Waals surface area (Å²) in [4.78, 5) is 0.278. The normalized spacial score (nSPS) is 10.9. The van der Waals surface area contributed by atoms with Gasteiger partial charge in [0.05, 0.1) is 18.6 Å². The lowest BCUT2D eigenvalue weighted by atomic mass is 9.99. The Labute approximate surface area is 207 Å². The summed E-state index contributed by atoms with van der Waals surface area (Å²) in [6, 6.07) is 24.1. The number of hydrogen-bond donors (Lipinski definition) is 1. The van der Waals surface area contributed by atoms with E-state index >= 15 is 0 Å². The number of ether oxygens (including phenoxy) is 3. The van der Waals surface area contributed by atoms with Crippen molar-refractivity contribution in [3.8, 4) is 34.1 Å². The molecule has 0 amide bonds.